The topological polar surface area (TPSA) is 79.3 Å². The molecular weight excluding hydrogens is 446 g/mol. The number of pyridine rings is 1. The third-order valence-corrected chi connectivity index (χ3v) is 7.69. The highest BCUT2D eigenvalue weighted by Crippen LogP contribution is 2.31. The van der Waals surface area contributed by atoms with Gasteiger partial charge in [0, 0.05) is 31.5 Å². The Morgan fingerprint density at radius 1 is 0.971 bits per heavy atom. The molecule has 1 saturated carbocycles. The molecule has 180 valence electrons. The molecule has 2 fully saturated rings. The van der Waals surface area contributed by atoms with Crippen molar-refractivity contribution in [3.8, 4) is 16.6 Å². The fourth-order valence-corrected chi connectivity index (χ4v) is 5.51. The molecule has 0 amide bonds. The molecule has 0 bridgehead atoms. The average molecular weight is 480 g/mol. The Morgan fingerprint density at radius 2 is 1.79 bits per heavy atom. The van der Waals surface area contributed by atoms with Crippen molar-refractivity contribution in [2.45, 2.75) is 57.1 Å². The average Bonchev–Trinajstić information content (AvgIpc) is 3.34. The van der Waals surface area contributed by atoms with Gasteiger partial charge in [0.05, 0.1) is 22.5 Å². The Bertz CT molecular complexity index is 1060. The summed E-state index contributed by atoms with van der Waals surface area (Å²) in [5, 5.41) is 4.11. The van der Waals surface area contributed by atoms with Crippen LogP contribution >= 0.6 is 11.3 Å². The number of thiazole rings is 1. The summed E-state index contributed by atoms with van der Waals surface area (Å²) in [5.41, 5.74) is 2.00. The van der Waals surface area contributed by atoms with E-state index in [4.69, 9.17) is 4.74 Å². The normalized spacial score (nSPS) is 17.8. The van der Waals surface area contributed by atoms with Gasteiger partial charge in [0.2, 0.25) is 0 Å². The van der Waals surface area contributed by atoms with Crippen molar-refractivity contribution < 1.29 is 4.74 Å². The molecule has 8 nitrogen and oxygen atoms in total. The first kappa shape index (κ1) is 23.0. The van der Waals surface area contributed by atoms with Gasteiger partial charge >= 0.3 is 6.01 Å². The monoisotopic (exact) mass is 479 g/mol. The van der Waals surface area contributed by atoms with Gasteiger partial charge in [-0.3, -0.25) is 0 Å². The first-order chi connectivity index (χ1) is 16.6. The van der Waals surface area contributed by atoms with E-state index < -0.39 is 0 Å². The second-order valence-electron chi connectivity index (χ2n) is 9.34. The molecule has 3 aromatic rings. The van der Waals surface area contributed by atoms with E-state index >= 15 is 0 Å². The Labute approximate surface area is 205 Å². The van der Waals surface area contributed by atoms with E-state index in [2.05, 4.69) is 55.2 Å². The van der Waals surface area contributed by atoms with Crippen molar-refractivity contribution in [2.75, 3.05) is 37.4 Å². The Hall–Kier alpha value is -2.78. The minimum Gasteiger partial charge on any atom is -0.460 e. The maximum Gasteiger partial charge on any atom is 0.317 e. The zero-order valence-electron chi connectivity index (χ0n) is 20.0. The second-order valence-corrected chi connectivity index (χ2v) is 10.4. The molecule has 1 N–H and O–H groups in total. The van der Waals surface area contributed by atoms with Crippen LogP contribution in [0.15, 0.2) is 36.8 Å². The van der Waals surface area contributed by atoms with Gasteiger partial charge in [0.1, 0.15) is 11.9 Å². The fourth-order valence-electron chi connectivity index (χ4n) is 4.71. The molecule has 1 saturated heterocycles. The lowest BCUT2D eigenvalue weighted by Gasteiger charge is -2.36. The Kier molecular flexibility index (Phi) is 7.20. The number of piperidine rings is 1. The van der Waals surface area contributed by atoms with E-state index in [-0.39, 0.29) is 6.10 Å². The highest BCUT2D eigenvalue weighted by molar-refractivity contribution is 7.18. The summed E-state index contributed by atoms with van der Waals surface area (Å²) in [6, 6.07) is 7.19. The minimum absolute atomic E-state index is 0.232. The van der Waals surface area contributed by atoms with Gasteiger partial charge in [-0.1, -0.05) is 17.8 Å². The number of ether oxygens (including phenoxy) is 1. The maximum absolute atomic E-state index is 6.03. The van der Waals surface area contributed by atoms with Crippen LogP contribution in [0.3, 0.4) is 0 Å². The Morgan fingerprint density at radius 3 is 2.53 bits per heavy atom. The van der Waals surface area contributed by atoms with Gasteiger partial charge in [-0.25, -0.2) is 15.0 Å². The standard InChI is InChI=1S/C25H33N7OS/c1-31(2)18-11-14-32(15-12-18)19-8-9-23(27-16-19)30-25-28-17-22(34-25)21-10-13-26-24(29-21)33-20-6-4-3-5-7-20/h8-10,13,16-18,20H,3-7,11-12,14-15H2,1-2H3,(H,27,28,30). The molecule has 0 radical (unpaired) electrons. The predicted molar refractivity (Wildman–Crippen MR) is 137 cm³/mol. The predicted octanol–water partition coefficient (Wildman–Crippen LogP) is 4.98. The summed E-state index contributed by atoms with van der Waals surface area (Å²) >= 11 is 1.55. The van der Waals surface area contributed by atoms with Gasteiger partial charge in [-0.2, -0.15) is 4.98 Å². The van der Waals surface area contributed by atoms with Crippen molar-refractivity contribution in [3.63, 3.8) is 0 Å². The maximum atomic E-state index is 6.03. The molecule has 1 aliphatic heterocycles. The number of rotatable bonds is 7. The first-order valence-corrected chi connectivity index (χ1v) is 13.1. The highest BCUT2D eigenvalue weighted by Gasteiger charge is 2.21. The molecule has 0 spiro atoms. The van der Waals surface area contributed by atoms with Crippen LogP contribution in [0.4, 0.5) is 16.6 Å². The summed E-state index contributed by atoms with van der Waals surface area (Å²) in [7, 11) is 4.34. The summed E-state index contributed by atoms with van der Waals surface area (Å²) < 4.78 is 6.03. The van der Waals surface area contributed by atoms with Gasteiger partial charge in [0.25, 0.3) is 0 Å². The number of anilines is 3. The SMILES string of the molecule is CN(C)C1CCN(c2ccc(Nc3ncc(-c4ccnc(OC5CCCCC5)n4)s3)nc2)CC1. The number of hydrogen-bond donors (Lipinski definition) is 1. The molecule has 0 unspecified atom stereocenters. The smallest absolute Gasteiger partial charge is 0.317 e. The minimum atomic E-state index is 0.232. The van der Waals surface area contributed by atoms with Gasteiger partial charge in [0.15, 0.2) is 5.13 Å². The quantitative estimate of drug-likeness (QED) is 0.508. The van der Waals surface area contributed by atoms with Gasteiger partial charge in [-0.05, 0) is 70.8 Å². The molecule has 3 aromatic heterocycles. The largest absolute Gasteiger partial charge is 0.460 e. The van der Waals surface area contributed by atoms with Crippen molar-refractivity contribution in [1.82, 2.24) is 24.8 Å². The van der Waals surface area contributed by atoms with E-state index in [1.54, 1.807) is 17.5 Å². The molecule has 0 aromatic carbocycles. The third-order valence-electron chi connectivity index (χ3n) is 6.76. The summed E-state index contributed by atoms with van der Waals surface area (Å²) in [4.78, 5) is 23.8. The van der Waals surface area contributed by atoms with Crippen LogP contribution in [0.5, 0.6) is 6.01 Å². The lowest BCUT2D eigenvalue weighted by molar-refractivity contribution is 0.142. The highest BCUT2D eigenvalue weighted by atomic mass is 32.1. The summed E-state index contributed by atoms with van der Waals surface area (Å²) in [6.45, 7) is 2.14. The number of nitrogens with one attached hydrogen (secondary N) is 1. The lowest BCUT2D eigenvalue weighted by Crippen LogP contribution is -2.42. The first-order valence-electron chi connectivity index (χ1n) is 12.2. The van der Waals surface area contributed by atoms with Crippen molar-refractivity contribution in [3.05, 3.63) is 36.8 Å². The van der Waals surface area contributed by atoms with E-state index in [9.17, 15) is 0 Å². The van der Waals surface area contributed by atoms with E-state index in [0.29, 0.717) is 12.1 Å². The van der Waals surface area contributed by atoms with Crippen LogP contribution in [-0.2, 0) is 0 Å². The summed E-state index contributed by atoms with van der Waals surface area (Å²) in [6.07, 6.45) is 14.1. The fraction of sp³-hybridized carbons (Fsp3) is 0.520. The van der Waals surface area contributed by atoms with Crippen LogP contribution in [0, 0.1) is 0 Å². The molecule has 4 heterocycles. The van der Waals surface area contributed by atoms with E-state index in [1.165, 1.54) is 37.8 Å². The van der Waals surface area contributed by atoms with Crippen LogP contribution < -0.4 is 15.0 Å². The van der Waals surface area contributed by atoms with E-state index in [1.807, 2.05) is 24.5 Å². The zero-order valence-corrected chi connectivity index (χ0v) is 20.8. The van der Waals surface area contributed by atoms with Crippen molar-refractivity contribution in [1.29, 1.82) is 0 Å². The number of aromatic nitrogens is 4. The van der Waals surface area contributed by atoms with Crippen LogP contribution in [0.2, 0.25) is 0 Å². The van der Waals surface area contributed by atoms with Crippen molar-refractivity contribution >= 4 is 28.0 Å². The number of nitrogens with zero attached hydrogens (tertiary/aromatic N) is 6. The number of hydrogen-bond acceptors (Lipinski definition) is 9. The van der Waals surface area contributed by atoms with Gasteiger partial charge < -0.3 is 19.9 Å². The molecule has 1 aliphatic carbocycles. The lowest BCUT2D eigenvalue weighted by atomic mass is 9.98. The molecular formula is C25H33N7OS. The molecule has 2 aliphatic rings. The molecule has 34 heavy (non-hydrogen) atoms. The van der Waals surface area contributed by atoms with Crippen molar-refractivity contribution in [2.24, 2.45) is 0 Å². The second kappa shape index (κ2) is 10.7. The van der Waals surface area contributed by atoms with Crippen LogP contribution in [0.25, 0.3) is 10.6 Å². The molecule has 0 atom stereocenters. The molecule has 5 rings (SSSR count). The third kappa shape index (κ3) is 5.64. The van der Waals surface area contributed by atoms with Crippen LogP contribution in [0.1, 0.15) is 44.9 Å². The summed E-state index contributed by atoms with van der Waals surface area (Å²) in [5.74, 6) is 0.789. The van der Waals surface area contributed by atoms with Crippen LogP contribution in [-0.4, -0.2) is 64.2 Å². The molecule has 9 heteroatoms. The van der Waals surface area contributed by atoms with E-state index in [0.717, 1.165) is 47.5 Å². The Balaban J connectivity index is 1.19. The van der Waals surface area contributed by atoms with Gasteiger partial charge in [-0.15, -0.1) is 0 Å². The zero-order chi connectivity index (χ0) is 23.3.